The highest BCUT2D eigenvalue weighted by atomic mass is 19.1. The van der Waals surface area contributed by atoms with Gasteiger partial charge in [-0.15, -0.1) is 0 Å². The van der Waals surface area contributed by atoms with Crippen molar-refractivity contribution in [3.05, 3.63) is 29.6 Å². The molecule has 1 N–H and O–H groups in total. The molecule has 0 amide bonds. The van der Waals surface area contributed by atoms with Crippen molar-refractivity contribution in [3.8, 4) is 5.75 Å². The Hall–Kier alpha value is -1.13. The first-order chi connectivity index (χ1) is 9.70. The first kappa shape index (κ1) is 13.8. The Morgan fingerprint density at radius 3 is 2.40 bits per heavy atom. The van der Waals surface area contributed by atoms with E-state index in [-0.39, 0.29) is 11.6 Å². The maximum Gasteiger partial charge on any atom is 0.127 e. The molecule has 2 fully saturated rings. The first-order valence-electron chi connectivity index (χ1n) is 7.65. The van der Waals surface area contributed by atoms with Crippen LogP contribution in [0.1, 0.15) is 31.2 Å². The molecule has 0 radical (unpaired) electrons. The van der Waals surface area contributed by atoms with Crippen molar-refractivity contribution in [3.63, 3.8) is 0 Å². The van der Waals surface area contributed by atoms with Gasteiger partial charge in [-0.2, -0.15) is 0 Å². The van der Waals surface area contributed by atoms with Gasteiger partial charge in [0.05, 0.1) is 0 Å². The smallest absolute Gasteiger partial charge is 0.127 e. The van der Waals surface area contributed by atoms with Gasteiger partial charge in [0.15, 0.2) is 0 Å². The van der Waals surface area contributed by atoms with E-state index in [1.54, 1.807) is 6.07 Å². The summed E-state index contributed by atoms with van der Waals surface area (Å²) in [6.45, 7) is 5.03. The van der Waals surface area contributed by atoms with Crippen LogP contribution in [0.25, 0.3) is 0 Å². The molecule has 0 bridgehead atoms. The zero-order valence-electron chi connectivity index (χ0n) is 11.9. The third-order valence-electron chi connectivity index (χ3n) is 4.60. The number of phenolic OH excluding ortho intramolecular Hbond substituents is 1. The molecule has 4 heteroatoms. The van der Waals surface area contributed by atoms with Crippen LogP contribution >= 0.6 is 0 Å². The minimum Gasteiger partial charge on any atom is -0.508 e. The molecular weight excluding hydrogens is 255 g/mol. The fourth-order valence-electron chi connectivity index (χ4n) is 3.54. The number of piperazine rings is 1. The lowest BCUT2D eigenvalue weighted by molar-refractivity contribution is 0.0936. The molecule has 1 aliphatic carbocycles. The van der Waals surface area contributed by atoms with Gasteiger partial charge < -0.3 is 5.11 Å². The molecule has 1 aliphatic heterocycles. The molecule has 3 rings (SSSR count). The van der Waals surface area contributed by atoms with Crippen LogP contribution in [0.15, 0.2) is 18.2 Å². The van der Waals surface area contributed by atoms with Crippen LogP contribution in [-0.4, -0.2) is 47.1 Å². The molecule has 1 saturated heterocycles. The van der Waals surface area contributed by atoms with Gasteiger partial charge in [-0.05, 0) is 30.5 Å². The monoisotopic (exact) mass is 278 g/mol. The van der Waals surface area contributed by atoms with E-state index in [9.17, 15) is 9.50 Å². The van der Waals surface area contributed by atoms with Crippen LogP contribution in [0.4, 0.5) is 4.39 Å². The van der Waals surface area contributed by atoms with E-state index in [0.29, 0.717) is 0 Å². The molecule has 110 valence electrons. The summed E-state index contributed by atoms with van der Waals surface area (Å²) >= 11 is 0. The molecular formula is C16H23FN2O. The molecule has 1 aromatic carbocycles. The minimum absolute atomic E-state index is 0.0181. The predicted molar refractivity (Wildman–Crippen MR) is 77.2 cm³/mol. The summed E-state index contributed by atoms with van der Waals surface area (Å²) in [5.41, 5.74) is 0.858. The lowest BCUT2D eigenvalue weighted by atomic mass is 10.1. The Bertz CT molecular complexity index is 432. The van der Waals surface area contributed by atoms with Crippen molar-refractivity contribution >= 4 is 0 Å². The average Bonchev–Trinajstić information content (AvgIpc) is 2.92. The molecule has 0 spiro atoms. The van der Waals surface area contributed by atoms with Crippen molar-refractivity contribution < 1.29 is 9.50 Å². The summed E-state index contributed by atoms with van der Waals surface area (Å²) < 4.78 is 13.3. The summed E-state index contributed by atoms with van der Waals surface area (Å²) in [5.74, 6) is -0.339. The van der Waals surface area contributed by atoms with Gasteiger partial charge in [0.1, 0.15) is 11.6 Å². The summed E-state index contributed by atoms with van der Waals surface area (Å²) in [7, 11) is 0. The second-order valence-electron chi connectivity index (χ2n) is 6.07. The van der Waals surface area contributed by atoms with Crippen LogP contribution in [0.5, 0.6) is 5.75 Å². The second kappa shape index (κ2) is 6.10. The van der Waals surface area contributed by atoms with Crippen LogP contribution in [0.2, 0.25) is 0 Å². The maximum absolute atomic E-state index is 13.3. The molecule has 3 nitrogen and oxygen atoms in total. The van der Waals surface area contributed by atoms with Crippen LogP contribution in [0, 0.1) is 5.82 Å². The predicted octanol–water partition coefficient (Wildman–Crippen LogP) is 2.59. The number of halogens is 1. The largest absolute Gasteiger partial charge is 0.508 e. The van der Waals surface area contributed by atoms with Gasteiger partial charge in [-0.1, -0.05) is 12.8 Å². The summed E-state index contributed by atoms with van der Waals surface area (Å²) in [6, 6.07) is 5.13. The minimum atomic E-state index is -0.357. The fraction of sp³-hybridized carbons (Fsp3) is 0.625. The van der Waals surface area contributed by atoms with Gasteiger partial charge in [0, 0.05) is 44.8 Å². The Kier molecular flexibility index (Phi) is 4.22. The van der Waals surface area contributed by atoms with Gasteiger partial charge in [0.25, 0.3) is 0 Å². The van der Waals surface area contributed by atoms with E-state index in [2.05, 4.69) is 9.80 Å². The van der Waals surface area contributed by atoms with E-state index in [1.165, 1.54) is 31.7 Å². The van der Waals surface area contributed by atoms with Crippen molar-refractivity contribution in [2.75, 3.05) is 26.2 Å². The zero-order valence-corrected chi connectivity index (χ0v) is 11.9. The lowest BCUT2D eigenvalue weighted by Crippen LogP contribution is -2.49. The van der Waals surface area contributed by atoms with E-state index >= 15 is 0 Å². The quantitative estimate of drug-likeness (QED) is 0.920. The molecule has 2 aliphatic rings. The third kappa shape index (κ3) is 3.30. The third-order valence-corrected chi connectivity index (χ3v) is 4.60. The van der Waals surface area contributed by atoms with Crippen molar-refractivity contribution in [2.24, 2.45) is 0 Å². The molecule has 0 aromatic heterocycles. The topological polar surface area (TPSA) is 26.7 Å². The van der Waals surface area contributed by atoms with Crippen LogP contribution in [0.3, 0.4) is 0 Å². The Morgan fingerprint density at radius 2 is 1.75 bits per heavy atom. The first-order valence-corrected chi connectivity index (χ1v) is 7.65. The average molecular weight is 278 g/mol. The molecule has 20 heavy (non-hydrogen) atoms. The van der Waals surface area contributed by atoms with E-state index in [1.807, 2.05) is 0 Å². The highest BCUT2D eigenvalue weighted by Gasteiger charge is 2.26. The number of hydrogen-bond acceptors (Lipinski definition) is 3. The molecule has 0 unspecified atom stereocenters. The van der Waals surface area contributed by atoms with Crippen molar-refractivity contribution in [1.82, 2.24) is 9.80 Å². The number of phenols is 1. The highest BCUT2D eigenvalue weighted by Crippen LogP contribution is 2.25. The fourth-order valence-corrected chi connectivity index (χ4v) is 3.54. The molecule has 0 atom stereocenters. The Labute approximate surface area is 120 Å². The van der Waals surface area contributed by atoms with Crippen LogP contribution < -0.4 is 0 Å². The molecule has 1 heterocycles. The van der Waals surface area contributed by atoms with E-state index in [0.717, 1.165) is 50.4 Å². The zero-order chi connectivity index (χ0) is 13.9. The number of hydrogen-bond donors (Lipinski definition) is 1. The normalized spacial score (nSPS) is 22.4. The van der Waals surface area contributed by atoms with Crippen molar-refractivity contribution in [2.45, 2.75) is 38.3 Å². The van der Waals surface area contributed by atoms with Gasteiger partial charge >= 0.3 is 0 Å². The number of rotatable bonds is 3. The van der Waals surface area contributed by atoms with E-state index in [4.69, 9.17) is 0 Å². The maximum atomic E-state index is 13.3. The Morgan fingerprint density at radius 1 is 1.05 bits per heavy atom. The van der Waals surface area contributed by atoms with Crippen molar-refractivity contribution in [1.29, 1.82) is 0 Å². The number of aromatic hydroxyl groups is 1. The SMILES string of the molecule is Oc1cc(F)cc(CN2CCN(C3CCCC3)CC2)c1. The summed E-state index contributed by atoms with van der Waals surface area (Å²) in [6.07, 6.45) is 5.48. The standard InChI is InChI=1S/C16H23FN2O/c17-14-9-13(10-16(20)11-14)12-18-5-7-19(8-6-18)15-3-1-2-4-15/h9-11,15,20H,1-8,12H2. The van der Waals surface area contributed by atoms with Crippen LogP contribution in [-0.2, 0) is 6.54 Å². The van der Waals surface area contributed by atoms with Gasteiger partial charge in [-0.25, -0.2) is 4.39 Å². The summed E-state index contributed by atoms with van der Waals surface area (Å²) in [4.78, 5) is 4.96. The number of nitrogens with zero attached hydrogens (tertiary/aromatic N) is 2. The number of benzene rings is 1. The Balaban J connectivity index is 1.53. The summed E-state index contributed by atoms with van der Waals surface area (Å²) in [5, 5.41) is 9.44. The van der Waals surface area contributed by atoms with E-state index < -0.39 is 0 Å². The molecule has 1 aromatic rings. The highest BCUT2D eigenvalue weighted by molar-refractivity contribution is 5.28. The second-order valence-corrected chi connectivity index (χ2v) is 6.07. The molecule has 1 saturated carbocycles. The van der Waals surface area contributed by atoms with Gasteiger partial charge in [0.2, 0.25) is 0 Å². The van der Waals surface area contributed by atoms with Gasteiger partial charge in [-0.3, -0.25) is 9.80 Å². The lowest BCUT2D eigenvalue weighted by Gasteiger charge is -2.38.